The Morgan fingerprint density at radius 3 is 2.42 bits per heavy atom. The number of carbonyl (C=O) groups excluding carboxylic acids is 2. The summed E-state index contributed by atoms with van der Waals surface area (Å²) in [7, 11) is 0. The van der Waals surface area contributed by atoms with E-state index in [2.05, 4.69) is 5.32 Å². The molecule has 0 radical (unpaired) electrons. The third kappa shape index (κ3) is 4.79. The fraction of sp³-hybridized carbons (Fsp3) is 0.280. The number of benzene rings is 3. The van der Waals surface area contributed by atoms with E-state index in [0.717, 1.165) is 16.3 Å². The summed E-state index contributed by atoms with van der Waals surface area (Å²) in [6.45, 7) is 2.89. The molecule has 1 saturated heterocycles. The van der Waals surface area contributed by atoms with Crippen LogP contribution in [0.3, 0.4) is 0 Å². The van der Waals surface area contributed by atoms with Gasteiger partial charge in [0.15, 0.2) is 6.10 Å². The van der Waals surface area contributed by atoms with Crippen LogP contribution in [0.15, 0.2) is 66.7 Å². The molecule has 0 aliphatic carbocycles. The molecule has 2 amide bonds. The number of ether oxygens (including phenoxy) is 1. The maximum atomic E-state index is 13.1. The van der Waals surface area contributed by atoms with Crippen LogP contribution in [0, 0.1) is 0 Å². The Hall–Kier alpha value is -3.54. The van der Waals surface area contributed by atoms with E-state index in [1.165, 1.54) is 12.1 Å². The summed E-state index contributed by atoms with van der Waals surface area (Å²) in [4.78, 5) is 27.4. The number of phenolic OH excluding ortho intramolecular Hbond substituents is 1. The Balaban J connectivity index is 1.31. The number of nitrogens with zero attached hydrogens (tertiary/aromatic N) is 1. The lowest BCUT2D eigenvalue weighted by Crippen LogP contribution is -2.49. The van der Waals surface area contributed by atoms with Crippen molar-refractivity contribution in [2.75, 3.05) is 13.1 Å². The third-order valence-electron chi connectivity index (χ3n) is 5.67. The van der Waals surface area contributed by atoms with E-state index in [-0.39, 0.29) is 23.6 Å². The zero-order valence-electron chi connectivity index (χ0n) is 17.5. The van der Waals surface area contributed by atoms with Crippen molar-refractivity contribution in [1.29, 1.82) is 0 Å². The summed E-state index contributed by atoms with van der Waals surface area (Å²) in [6.07, 6.45) is 0.752. The minimum absolute atomic E-state index is 0.00920. The van der Waals surface area contributed by atoms with E-state index < -0.39 is 6.10 Å². The number of likely N-dealkylation sites (tertiary alicyclic amines) is 1. The van der Waals surface area contributed by atoms with Crippen LogP contribution in [-0.4, -0.2) is 47.1 Å². The Morgan fingerprint density at radius 2 is 1.68 bits per heavy atom. The van der Waals surface area contributed by atoms with Crippen LogP contribution in [0.1, 0.15) is 30.1 Å². The van der Waals surface area contributed by atoms with Gasteiger partial charge in [-0.3, -0.25) is 9.59 Å². The largest absolute Gasteiger partial charge is 0.508 e. The summed E-state index contributed by atoms with van der Waals surface area (Å²) < 4.78 is 5.64. The monoisotopic (exact) mass is 418 g/mol. The highest BCUT2D eigenvalue weighted by Crippen LogP contribution is 2.22. The van der Waals surface area contributed by atoms with Gasteiger partial charge in [-0.2, -0.15) is 0 Å². The summed E-state index contributed by atoms with van der Waals surface area (Å²) in [5, 5.41) is 14.4. The molecule has 1 aliphatic rings. The maximum absolute atomic E-state index is 13.1. The number of hydrogen-bond donors (Lipinski definition) is 2. The first kappa shape index (κ1) is 20.7. The molecule has 160 valence electrons. The average Bonchev–Trinajstić information content (AvgIpc) is 2.80. The quantitative estimate of drug-likeness (QED) is 0.662. The van der Waals surface area contributed by atoms with Crippen molar-refractivity contribution >= 4 is 22.6 Å². The van der Waals surface area contributed by atoms with Crippen molar-refractivity contribution in [3.8, 4) is 11.5 Å². The molecule has 1 aliphatic heterocycles. The van der Waals surface area contributed by atoms with Gasteiger partial charge in [0.1, 0.15) is 11.5 Å². The van der Waals surface area contributed by atoms with Crippen molar-refractivity contribution < 1.29 is 19.4 Å². The van der Waals surface area contributed by atoms with Gasteiger partial charge >= 0.3 is 0 Å². The van der Waals surface area contributed by atoms with Crippen LogP contribution in [0.4, 0.5) is 0 Å². The minimum atomic E-state index is -0.653. The topological polar surface area (TPSA) is 78.9 Å². The average molecular weight is 418 g/mol. The second-order valence-corrected chi connectivity index (χ2v) is 7.86. The van der Waals surface area contributed by atoms with E-state index in [0.29, 0.717) is 31.7 Å². The number of amides is 2. The van der Waals surface area contributed by atoms with Gasteiger partial charge in [-0.25, -0.2) is 0 Å². The van der Waals surface area contributed by atoms with E-state index in [4.69, 9.17) is 4.74 Å². The number of hydrogen-bond acceptors (Lipinski definition) is 4. The molecule has 4 rings (SSSR count). The molecule has 1 fully saturated rings. The number of piperidine rings is 1. The number of carbonyl (C=O) groups is 2. The molecule has 6 heteroatoms. The lowest BCUT2D eigenvalue weighted by molar-refractivity contribution is -0.128. The van der Waals surface area contributed by atoms with Crippen LogP contribution >= 0.6 is 0 Å². The summed E-state index contributed by atoms with van der Waals surface area (Å²) in [6, 6.07) is 20.0. The highest BCUT2D eigenvalue weighted by Gasteiger charge is 2.27. The standard InChI is InChI=1S/C25H26N2O4/c1-17(31-21-11-9-20(28)10-12-21)24(29)26-19-13-15-27(16-14-19)25(30)23-8-4-6-18-5-2-3-7-22(18)23/h2-12,17,19,28H,13-16H2,1H3,(H,26,29). The predicted molar refractivity (Wildman–Crippen MR) is 119 cm³/mol. The minimum Gasteiger partial charge on any atom is -0.508 e. The fourth-order valence-corrected chi connectivity index (χ4v) is 3.91. The van der Waals surface area contributed by atoms with Crippen LogP contribution in [0.25, 0.3) is 10.8 Å². The number of nitrogens with one attached hydrogen (secondary N) is 1. The maximum Gasteiger partial charge on any atom is 0.260 e. The summed E-state index contributed by atoms with van der Waals surface area (Å²) in [5.41, 5.74) is 0.719. The molecule has 1 unspecified atom stereocenters. The molecule has 3 aromatic carbocycles. The lowest BCUT2D eigenvalue weighted by atomic mass is 10.0. The fourth-order valence-electron chi connectivity index (χ4n) is 3.91. The van der Waals surface area contributed by atoms with E-state index >= 15 is 0 Å². The lowest BCUT2D eigenvalue weighted by Gasteiger charge is -2.33. The first-order valence-corrected chi connectivity index (χ1v) is 10.5. The van der Waals surface area contributed by atoms with E-state index in [1.807, 2.05) is 47.4 Å². The number of fused-ring (bicyclic) bond motifs is 1. The molecule has 1 heterocycles. The van der Waals surface area contributed by atoms with Crippen molar-refractivity contribution in [3.05, 3.63) is 72.3 Å². The molecule has 3 aromatic rings. The molecular weight excluding hydrogens is 392 g/mol. The first-order valence-electron chi connectivity index (χ1n) is 10.5. The van der Waals surface area contributed by atoms with Gasteiger partial charge in [-0.05, 0) is 60.9 Å². The van der Waals surface area contributed by atoms with Crippen LogP contribution < -0.4 is 10.1 Å². The highest BCUT2D eigenvalue weighted by molar-refractivity contribution is 6.07. The van der Waals surface area contributed by atoms with Gasteiger partial charge in [0.25, 0.3) is 11.8 Å². The highest BCUT2D eigenvalue weighted by atomic mass is 16.5. The Kier molecular flexibility index (Phi) is 6.07. The number of phenols is 1. The molecule has 2 N–H and O–H groups in total. The van der Waals surface area contributed by atoms with Gasteiger partial charge in [-0.1, -0.05) is 36.4 Å². The second kappa shape index (κ2) is 9.08. The SMILES string of the molecule is CC(Oc1ccc(O)cc1)C(=O)NC1CCN(C(=O)c2cccc3ccccc23)CC1. The zero-order valence-corrected chi connectivity index (χ0v) is 17.5. The Labute approximate surface area is 181 Å². The van der Waals surface area contributed by atoms with Crippen molar-refractivity contribution in [2.24, 2.45) is 0 Å². The van der Waals surface area contributed by atoms with Crippen molar-refractivity contribution in [2.45, 2.75) is 31.9 Å². The first-order chi connectivity index (χ1) is 15.0. The number of rotatable bonds is 5. The van der Waals surface area contributed by atoms with Crippen LogP contribution in [0.2, 0.25) is 0 Å². The summed E-state index contributed by atoms with van der Waals surface area (Å²) in [5.74, 6) is 0.516. The van der Waals surface area contributed by atoms with E-state index in [1.54, 1.807) is 19.1 Å². The predicted octanol–water partition coefficient (Wildman–Crippen LogP) is 3.73. The normalized spacial score (nSPS) is 15.5. The third-order valence-corrected chi connectivity index (χ3v) is 5.67. The van der Waals surface area contributed by atoms with Gasteiger partial charge in [-0.15, -0.1) is 0 Å². The molecule has 1 atom stereocenters. The van der Waals surface area contributed by atoms with Gasteiger partial charge in [0, 0.05) is 24.7 Å². The second-order valence-electron chi connectivity index (χ2n) is 7.86. The van der Waals surface area contributed by atoms with Crippen LogP contribution in [0.5, 0.6) is 11.5 Å². The van der Waals surface area contributed by atoms with Gasteiger partial charge < -0.3 is 20.1 Å². The Morgan fingerprint density at radius 1 is 1.00 bits per heavy atom. The smallest absolute Gasteiger partial charge is 0.260 e. The molecule has 31 heavy (non-hydrogen) atoms. The van der Waals surface area contributed by atoms with Crippen LogP contribution in [-0.2, 0) is 4.79 Å². The zero-order chi connectivity index (χ0) is 21.8. The van der Waals surface area contributed by atoms with Gasteiger partial charge in [0.05, 0.1) is 0 Å². The molecule has 0 bridgehead atoms. The van der Waals surface area contributed by atoms with Crippen molar-refractivity contribution in [3.63, 3.8) is 0 Å². The molecule has 0 saturated carbocycles. The molecular formula is C25H26N2O4. The Bertz CT molecular complexity index is 1070. The summed E-state index contributed by atoms with van der Waals surface area (Å²) >= 11 is 0. The van der Waals surface area contributed by atoms with Gasteiger partial charge in [0.2, 0.25) is 0 Å². The van der Waals surface area contributed by atoms with Crippen molar-refractivity contribution in [1.82, 2.24) is 10.2 Å². The molecule has 0 spiro atoms. The number of aromatic hydroxyl groups is 1. The molecule has 0 aromatic heterocycles. The molecule has 6 nitrogen and oxygen atoms in total. The van der Waals surface area contributed by atoms with E-state index in [9.17, 15) is 14.7 Å².